The van der Waals surface area contributed by atoms with E-state index in [0.717, 1.165) is 35.2 Å². The van der Waals surface area contributed by atoms with E-state index in [0.29, 0.717) is 23.8 Å². The van der Waals surface area contributed by atoms with Gasteiger partial charge < -0.3 is 13.9 Å². The van der Waals surface area contributed by atoms with Gasteiger partial charge in [0.05, 0.1) is 20.0 Å². The number of hydrogen-bond acceptors (Lipinski definition) is 5. The fourth-order valence-corrected chi connectivity index (χ4v) is 5.39. The number of nitrogens with zero attached hydrogens (tertiary/aromatic N) is 1. The number of rotatable bonds is 8. The van der Waals surface area contributed by atoms with E-state index in [4.69, 9.17) is 25.5 Å². The van der Waals surface area contributed by atoms with Crippen molar-refractivity contribution in [1.29, 1.82) is 0 Å². The van der Waals surface area contributed by atoms with Gasteiger partial charge in [0.2, 0.25) is 0 Å². The van der Waals surface area contributed by atoms with Crippen LogP contribution in [0.25, 0.3) is 11.0 Å². The van der Waals surface area contributed by atoms with Gasteiger partial charge in [0.1, 0.15) is 23.7 Å². The first-order chi connectivity index (χ1) is 16.4. The van der Waals surface area contributed by atoms with Crippen LogP contribution >= 0.6 is 56.8 Å². The highest BCUT2D eigenvalue weighted by Crippen LogP contribution is 2.29. The van der Waals surface area contributed by atoms with Crippen molar-refractivity contribution in [1.82, 2.24) is 5.43 Å². The molecule has 0 spiro atoms. The first kappa shape index (κ1) is 24.8. The maximum atomic E-state index is 12.5. The van der Waals surface area contributed by atoms with Crippen LogP contribution in [0.3, 0.4) is 0 Å². The molecule has 174 valence electrons. The highest BCUT2D eigenvalue weighted by atomic mass is 127. The minimum Gasteiger partial charge on any atom is -0.494 e. The first-order valence-corrected chi connectivity index (χ1v) is 12.8. The molecule has 0 saturated heterocycles. The summed E-state index contributed by atoms with van der Waals surface area (Å²) in [6.07, 6.45) is 1.58. The summed E-state index contributed by atoms with van der Waals surface area (Å²) in [5.74, 6) is 1.27. The Kier molecular flexibility index (Phi) is 8.32. The molecule has 0 aliphatic heterocycles. The van der Waals surface area contributed by atoms with Gasteiger partial charge >= 0.3 is 5.91 Å². The Labute approximate surface area is 228 Å². The average Bonchev–Trinajstić information content (AvgIpc) is 3.23. The quantitative estimate of drug-likeness (QED) is 0.122. The van der Waals surface area contributed by atoms with Crippen molar-refractivity contribution in [3.63, 3.8) is 0 Å². The Morgan fingerprint density at radius 2 is 1.79 bits per heavy atom. The number of hydrazone groups is 1. The third-order valence-electron chi connectivity index (χ3n) is 4.72. The van der Waals surface area contributed by atoms with E-state index in [-0.39, 0.29) is 5.76 Å². The molecule has 34 heavy (non-hydrogen) atoms. The number of halogens is 3. The minimum absolute atomic E-state index is 0.177. The van der Waals surface area contributed by atoms with Crippen molar-refractivity contribution < 1.29 is 18.7 Å². The summed E-state index contributed by atoms with van der Waals surface area (Å²) in [6.45, 7) is 2.93. The Morgan fingerprint density at radius 1 is 1.06 bits per heavy atom. The van der Waals surface area contributed by atoms with Crippen molar-refractivity contribution in [3.8, 4) is 11.5 Å². The summed E-state index contributed by atoms with van der Waals surface area (Å²) in [6, 6.07) is 18.5. The molecular formula is C25H19ClI2N2O4. The third-order valence-corrected chi connectivity index (χ3v) is 6.57. The van der Waals surface area contributed by atoms with E-state index in [2.05, 4.69) is 55.7 Å². The van der Waals surface area contributed by atoms with Crippen LogP contribution in [0.2, 0.25) is 5.02 Å². The molecule has 3 aromatic carbocycles. The predicted molar refractivity (Wildman–Crippen MR) is 150 cm³/mol. The predicted octanol–water partition coefficient (Wildman–Crippen LogP) is 7.04. The molecule has 1 aromatic heterocycles. The fraction of sp³-hybridized carbons (Fsp3) is 0.120. The number of carbonyl (C=O) groups excluding carboxylic acids is 1. The van der Waals surface area contributed by atoms with Gasteiger partial charge in [-0.25, -0.2) is 5.43 Å². The van der Waals surface area contributed by atoms with Crippen LogP contribution in [0.5, 0.6) is 11.5 Å². The van der Waals surface area contributed by atoms with Gasteiger partial charge in [-0.3, -0.25) is 4.79 Å². The largest absolute Gasteiger partial charge is 0.494 e. The molecule has 0 fully saturated rings. The molecule has 0 unspecified atom stereocenters. The van der Waals surface area contributed by atoms with E-state index in [1.165, 1.54) is 0 Å². The number of nitrogens with one attached hydrogen (secondary N) is 1. The molecule has 0 bridgehead atoms. The summed E-state index contributed by atoms with van der Waals surface area (Å²) in [4.78, 5) is 12.5. The van der Waals surface area contributed by atoms with Gasteiger partial charge in [-0.1, -0.05) is 23.7 Å². The standard InChI is InChI=1S/C25H19ClI2N2O4/c1-2-32-19-7-8-22-17(11-19)12-23(34-22)25(31)30-29-13-16-9-20(27)24(21(28)10-16)33-14-15-3-5-18(26)6-4-15/h3-13H,2,14H2,1H3,(H,30,31)/b29-13+. The maximum Gasteiger partial charge on any atom is 0.307 e. The lowest BCUT2D eigenvalue weighted by Gasteiger charge is -2.11. The minimum atomic E-state index is -0.433. The zero-order valence-electron chi connectivity index (χ0n) is 18.0. The normalized spacial score (nSPS) is 11.2. The number of amides is 1. The smallest absolute Gasteiger partial charge is 0.307 e. The molecular weight excluding hydrogens is 682 g/mol. The van der Waals surface area contributed by atoms with Crippen LogP contribution in [0.1, 0.15) is 28.6 Å². The SMILES string of the molecule is CCOc1ccc2oc(C(=O)N/N=C/c3cc(I)c(OCc4ccc(Cl)cc4)c(I)c3)cc2c1. The van der Waals surface area contributed by atoms with Crippen molar-refractivity contribution in [2.45, 2.75) is 13.5 Å². The van der Waals surface area contributed by atoms with Crippen LogP contribution in [0.15, 0.2) is 70.2 Å². The number of ether oxygens (including phenoxy) is 2. The Morgan fingerprint density at radius 3 is 2.50 bits per heavy atom. The lowest BCUT2D eigenvalue weighted by atomic mass is 10.2. The van der Waals surface area contributed by atoms with Crippen LogP contribution in [0.4, 0.5) is 0 Å². The van der Waals surface area contributed by atoms with E-state index < -0.39 is 5.91 Å². The molecule has 0 saturated carbocycles. The molecule has 4 aromatic rings. The number of furan rings is 1. The number of benzene rings is 3. The highest BCUT2D eigenvalue weighted by Gasteiger charge is 2.13. The maximum absolute atomic E-state index is 12.5. The van der Waals surface area contributed by atoms with Gasteiger partial charge in [-0.05, 0) is 112 Å². The number of carbonyl (C=O) groups is 1. The lowest BCUT2D eigenvalue weighted by molar-refractivity contribution is 0.0929. The molecule has 0 aliphatic carbocycles. The second-order valence-corrected chi connectivity index (χ2v) is 9.93. The summed E-state index contributed by atoms with van der Waals surface area (Å²) >= 11 is 10.4. The monoisotopic (exact) mass is 700 g/mol. The summed E-state index contributed by atoms with van der Waals surface area (Å²) in [5.41, 5.74) is 4.98. The zero-order valence-corrected chi connectivity index (χ0v) is 23.1. The number of hydrogen-bond donors (Lipinski definition) is 1. The molecule has 0 aliphatic rings. The molecule has 9 heteroatoms. The van der Waals surface area contributed by atoms with E-state index in [1.54, 1.807) is 24.4 Å². The van der Waals surface area contributed by atoms with Gasteiger partial charge in [0.15, 0.2) is 5.76 Å². The lowest BCUT2D eigenvalue weighted by Crippen LogP contribution is -2.16. The summed E-state index contributed by atoms with van der Waals surface area (Å²) < 4.78 is 19.0. The third kappa shape index (κ3) is 6.22. The molecule has 1 amide bonds. The topological polar surface area (TPSA) is 73.1 Å². The van der Waals surface area contributed by atoms with Crippen LogP contribution in [-0.2, 0) is 6.61 Å². The Balaban J connectivity index is 1.39. The molecule has 6 nitrogen and oxygen atoms in total. The van der Waals surface area contributed by atoms with Gasteiger partial charge in [0.25, 0.3) is 0 Å². The van der Waals surface area contributed by atoms with Gasteiger partial charge in [-0.15, -0.1) is 0 Å². The van der Waals surface area contributed by atoms with E-state index in [9.17, 15) is 4.79 Å². The molecule has 0 atom stereocenters. The van der Waals surface area contributed by atoms with Crippen LogP contribution in [0, 0.1) is 7.14 Å². The molecule has 1 N–H and O–H groups in total. The van der Waals surface area contributed by atoms with Crippen LogP contribution in [-0.4, -0.2) is 18.7 Å². The second kappa shape index (κ2) is 11.4. The summed E-state index contributed by atoms with van der Waals surface area (Å²) in [7, 11) is 0. The average molecular weight is 701 g/mol. The van der Waals surface area contributed by atoms with Gasteiger partial charge in [-0.2, -0.15) is 5.10 Å². The second-order valence-electron chi connectivity index (χ2n) is 7.17. The van der Waals surface area contributed by atoms with Crippen molar-refractivity contribution in [2.75, 3.05) is 6.61 Å². The summed E-state index contributed by atoms with van der Waals surface area (Å²) in [5, 5.41) is 5.56. The molecule has 0 radical (unpaired) electrons. The van der Waals surface area contributed by atoms with Crippen molar-refractivity contribution >= 4 is 79.9 Å². The highest BCUT2D eigenvalue weighted by molar-refractivity contribution is 14.1. The first-order valence-electron chi connectivity index (χ1n) is 10.3. The van der Waals surface area contributed by atoms with E-state index in [1.807, 2.05) is 49.4 Å². The zero-order chi connectivity index (χ0) is 24.1. The Hall–Kier alpha value is -2.31. The van der Waals surface area contributed by atoms with Crippen molar-refractivity contribution in [2.24, 2.45) is 5.10 Å². The Bertz CT molecular complexity index is 1330. The van der Waals surface area contributed by atoms with E-state index >= 15 is 0 Å². The fourth-order valence-electron chi connectivity index (χ4n) is 3.14. The van der Waals surface area contributed by atoms with Gasteiger partial charge in [0, 0.05) is 10.4 Å². The molecule has 4 rings (SSSR count). The van der Waals surface area contributed by atoms with Crippen molar-refractivity contribution in [3.05, 3.63) is 89.7 Å². The van der Waals surface area contributed by atoms with Crippen LogP contribution < -0.4 is 14.9 Å². The number of fused-ring (bicyclic) bond motifs is 1. The molecule has 1 heterocycles.